The summed E-state index contributed by atoms with van der Waals surface area (Å²) in [7, 11) is 0. The molecule has 0 bridgehead atoms. The van der Waals surface area contributed by atoms with Crippen LogP contribution in [0.5, 0.6) is 0 Å². The first-order valence-corrected chi connectivity index (χ1v) is 6.64. The largest absolute Gasteiger partial charge is 0.478 e. The standard InChI is InChI=1S/C11H15ClN2O2S/c1-11(2,17-3)6-13-9-5-7(10(15)16)4-8(12)14-9/h4-5H,6H2,1-3H3,(H,13,14)(H,15,16). The predicted octanol–water partition coefficient (Wildman–Crippen LogP) is 2.99. The van der Waals surface area contributed by atoms with E-state index in [4.69, 9.17) is 16.7 Å². The molecule has 0 fully saturated rings. The summed E-state index contributed by atoms with van der Waals surface area (Å²) >= 11 is 7.48. The predicted molar refractivity (Wildman–Crippen MR) is 72.3 cm³/mol. The van der Waals surface area contributed by atoms with Crippen molar-refractivity contribution in [3.8, 4) is 0 Å². The van der Waals surface area contributed by atoms with E-state index in [-0.39, 0.29) is 15.5 Å². The maximum Gasteiger partial charge on any atom is 0.335 e. The highest BCUT2D eigenvalue weighted by Crippen LogP contribution is 2.22. The minimum Gasteiger partial charge on any atom is -0.478 e. The van der Waals surface area contributed by atoms with E-state index < -0.39 is 5.97 Å². The molecule has 0 aliphatic rings. The summed E-state index contributed by atoms with van der Waals surface area (Å²) < 4.78 is 0.0490. The van der Waals surface area contributed by atoms with Crippen molar-refractivity contribution in [1.82, 2.24) is 4.98 Å². The van der Waals surface area contributed by atoms with Gasteiger partial charge in [0.25, 0.3) is 0 Å². The molecule has 0 aromatic carbocycles. The summed E-state index contributed by atoms with van der Waals surface area (Å²) in [4.78, 5) is 14.9. The van der Waals surface area contributed by atoms with Crippen molar-refractivity contribution in [1.29, 1.82) is 0 Å². The van der Waals surface area contributed by atoms with E-state index in [0.717, 1.165) is 0 Å². The Balaban J connectivity index is 2.81. The number of thioether (sulfide) groups is 1. The number of nitrogens with zero attached hydrogens (tertiary/aromatic N) is 1. The lowest BCUT2D eigenvalue weighted by Crippen LogP contribution is -2.26. The third kappa shape index (κ3) is 4.44. The minimum atomic E-state index is -1.01. The molecule has 94 valence electrons. The molecule has 1 aromatic heterocycles. The highest BCUT2D eigenvalue weighted by Gasteiger charge is 2.16. The Hall–Kier alpha value is -0.940. The molecule has 0 saturated heterocycles. The van der Waals surface area contributed by atoms with E-state index in [1.165, 1.54) is 12.1 Å². The topological polar surface area (TPSA) is 62.2 Å². The molecule has 0 radical (unpaired) electrons. The molecule has 17 heavy (non-hydrogen) atoms. The lowest BCUT2D eigenvalue weighted by molar-refractivity contribution is 0.0697. The Morgan fingerprint density at radius 1 is 1.59 bits per heavy atom. The fourth-order valence-electron chi connectivity index (χ4n) is 1.09. The van der Waals surface area contributed by atoms with Gasteiger partial charge in [0.15, 0.2) is 0 Å². The van der Waals surface area contributed by atoms with E-state index in [2.05, 4.69) is 24.1 Å². The van der Waals surface area contributed by atoms with Crippen molar-refractivity contribution < 1.29 is 9.90 Å². The third-order valence-electron chi connectivity index (χ3n) is 2.29. The number of halogens is 1. The van der Waals surface area contributed by atoms with Crippen LogP contribution in [0.15, 0.2) is 12.1 Å². The van der Waals surface area contributed by atoms with Gasteiger partial charge >= 0.3 is 5.97 Å². The van der Waals surface area contributed by atoms with Crippen LogP contribution in [-0.2, 0) is 0 Å². The molecule has 1 heterocycles. The van der Waals surface area contributed by atoms with Gasteiger partial charge in [-0.2, -0.15) is 11.8 Å². The molecule has 0 atom stereocenters. The van der Waals surface area contributed by atoms with Crippen molar-refractivity contribution >= 4 is 35.1 Å². The molecule has 0 unspecified atom stereocenters. The van der Waals surface area contributed by atoms with Crippen LogP contribution in [0.3, 0.4) is 0 Å². The molecular weight excluding hydrogens is 260 g/mol. The van der Waals surface area contributed by atoms with Gasteiger partial charge in [-0.05, 0) is 32.2 Å². The molecule has 0 aliphatic heterocycles. The zero-order chi connectivity index (χ0) is 13.1. The van der Waals surface area contributed by atoms with Crippen molar-refractivity contribution in [3.05, 3.63) is 22.8 Å². The van der Waals surface area contributed by atoms with Crippen LogP contribution >= 0.6 is 23.4 Å². The zero-order valence-electron chi connectivity index (χ0n) is 9.95. The summed E-state index contributed by atoms with van der Waals surface area (Å²) in [6, 6.07) is 2.80. The molecule has 4 nitrogen and oxygen atoms in total. The normalized spacial score (nSPS) is 11.3. The SMILES string of the molecule is CSC(C)(C)CNc1cc(C(=O)O)cc(Cl)n1. The van der Waals surface area contributed by atoms with Gasteiger partial charge in [-0.3, -0.25) is 0 Å². The zero-order valence-corrected chi connectivity index (χ0v) is 11.5. The Kier molecular flexibility index (Phi) is 4.65. The number of carboxylic acid groups (broad SMARTS) is 1. The van der Waals surface area contributed by atoms with Gasteiger partial charge in [-0.1, -0.05) is 11.6 Å². The number of rotatable bonds is 5. The van der Waals surface area contributed by atoms with E-state index in [1.54, 1.807) is 11.8 Å². The van der Waals surface area contributed by atoms with Gasteiger partial charge in [0.2, 0.25) is 0 Å². The number of hydrogen-bond donors (Lipinski definition) is 2. The molecule has 0 spiro atoms. The summed E-state index contributed by atoms with van der Waals surface area (Å²) in [5.41, 5.74) is 0.134. The van der Waals surface area contributed by atoms with E-state index in [1.807, 2.05) is 6.26 Å². The number of aromatic nitrogens is 1. The highest BCUT2D eigenvalue weighted by molar-refractivity contribution is 7.99. The molecular formula is C11H15ClN2O2S. The number of carboxylic acids is 1. The second-order valence-electron chi connectivity index (χ2n) is 4.19. The molecule has 1 rings (SSSR count). The monoisotopic (exact) mass is 274 g/mol. The van der Waals surface area contributed by atoms with Crippen molar-refractivity contribution in [2.24, 2.45) is 0 Å². The summed E-state index contributed by atoms with van der Waals surface area (Å²) in [6.07, 6.45) is 2.02. The second kappa shape index (κ2) is 5.60. The first-order chi connectivity index (χ1) is 7.84. The van der Waals surface area contributed by atoms with Crippen LogP contribution in [0.2, 0.25) is 5.15 Å². The molecule has 1 aromatic rings. The number of nitrogens with one attached hydrogen (secondary N) is 1. The minimum absolute atomic E-state index is 0.0490. The number of carbonyl (C=O) groups is 1. The average Bonchev–Trinajstić information content (AvgIpc) is 2.26. The fourth-order valence-corrected chi connectivity index (χ4v) is 1.51. The van der Waals surface area contributed by atoms with Crippen LogP contribution in [0, 0.1) is 0 Å². The van der Waals surface area contributed by atoms with Crippen molar-refractivity contribution in [3.63, 3.8) is 0 Å². The van der Waals surface area contributed by atoms with Crippen LogP contribution in [0.25, 0.3) is 0 Å². The van der Waals surface area contributed by atoms with Gasteiger partial charge in [-0.15, -0.1) is 0 Å². The summed E-state index contributed by atoms with van der Waals surface area (Å²) in [5, 5.41) is 12.2. The molecule has 6 heteroatoms. The van der Waals surface area contributed by atoms with E-state index in [9.17, 15) is 4.79 Å². The van der Waals surface area contributed by atoms with Crippen LogP contribution in [0.1, 0.15) is 24.2 Å². The number of hydrogen-bond acceptors (Lipinski definition) is 4. The first kappa shape index (κ1) is 14.1. The molecule has 0 aliphatic carbocycles. The van der Waals surface area contributed by atoms with Crippen molar-refractivity contribution in [2.75, 3.05) is 18.1 Å². The lowest BCUT2D eigenvalue weighted by atomic mass is 10.2. The molecule has 0 amide bonds. The average molecular weight is 275 g/mol. The fraction of sp³-hybridized carbons (Fsp3) is 0.455. The second-order valence-corrected chi connectivity index (χ2v) is 6.09. The summed E-state index contributed by atoms with van der Waals surface area (Å²) in [6.45, 7) is 4.86. The van der Waals surface area contributed by atoms with Gasteiger partial charge in [0, 0.05) is 11.3 Å². The maximum atomic E-state index is 10.8. The van der Waals surface area contributed by atoms with Crippen molar-refractivity contribution in [2.45, 2.75) is 18.6 Å². The number of aromatic carboxylic acids is 1. The Morgan fingerprint density at radius 2 is 2.24 bits per heavy atom. The smallest absolute Gasteiger partial charge is 0.335 e. The van der Waals surface area contributed by atoms with Crippen LogP contribution < -0.4 is 5.32 Å². The van der Waals surface area contributed by atoms with Gasteiger partial charge < -0.3 is 10.4 Å². The maximum absolute atomic E-state index is 10.8. The Bertz CT molecular complexity index is 424. The Labute approximate surface area is 110 Å². The summed E-state index contributed by atoms with van der Waals surface area (Å²) in [5.74, 6) is -0.529. The van der Waals surface area contributed by atoms with Gasteiger partial charge in [0.1, 0.15) is 11.0 Å². The first-order valence-electron chi connectivity index (χ1n) is 5.04. The van der Waals surface area contributed by atoms with Crippen LogP contribution in [-0.4, -0.2) is 33.6 Å². The van der Waals surface area contributed by atoms with E-state index >= 15 is 0 Å². The highest BCUT2D eigenvalue weighted by atomic mass is 35.5. The van der Waals surface area contributed by atoms with Gasteiger partial charge in [0.05, 0.1) is 5.56 Å². The third-order valence-corrected chi connectivity index (χ3v) is 3.73. The Morgan fingerprint density at radius 3 is 2.76 bits per heavy atom. The molecule has 2 N–H and O–H groups in total. The quantitative estimate of drug-likeness (QED) is 0.808. The number of pyridine rings is 1. The van der Waals surface area contributed by atoms with E-state index in [0.29, 0.717) is 12.4 Å². The molecule has 0 saturated carbocycles. The lowest BCUT2D eigenvalue weighted by Gasteiger charge is -2.22. The van der Waals surface area contributed by atoms with Gasteiger partial charge in [-0.25, -0.2) is 9.78 Å². The van der Waals surface area contributed by atoms with Crippen LogP contribution in [0.4, 0.5) is 5.82 Å². The number of anilines is 1.